The van der Waals surface area contributed by atoms with Gasteiger partial charge in [-0.1, -0.05) is 82.9 Å². The predicted molar refractivity (Wildman–Crippen MR) is 185 cm³/mol. The summed E-state index contributed by atoms with van der Waals surface area (Å²) < 4.78 is 75.2. The summed E-state index contributed by atoms with van der Waals surface area (Å²) in [4.78, 5) is 16.5. The molecule has 4 heterocycles. The van der Waals surface area contributed by atoms with Gasteiger partial charge >= 0.3 is 6.18 Å². The molecule has 11 heteroatoms. The van der Waals surface area contributed by atoms with Crippen LogP contribution in [0.5, 0.6) is 0 Å². The fraction of sp³-hybridized carbons (Fsp3) is 0.737. The van der Waals surface area contributed by atoms with Crippen molar-refractivity contribution < 1.29 is 26.4 Å². The Kier molecular flexibility index (Phi) is 10.9. The molecule has 2 aromatic rings. The molecular formula is C38H55F3N4O3S. The van der Waals surface area contributed by atoms with E-state index in [1.165, 1.54) is 12.8 Å². The molecule has 7 nitrogen and oxygen atoms in total. The number of halogens is 3. The van der Waals surface area contributed by atoms with Crippen molar-refractivity contribution in [3.8, 4) is 0 Å². The van der Waals surface area contributed by atoms with Crippen molar-refractivity contribution in [3.63, 3.8) is 0 Å². The van der Waals surface area contributed by atoms with Crippen LogP contribution in [-0.2, 0) is 28.2 Å². The minimum atomic E-state index is -4.75. The zero-order valence-electron chi connectivity index (χ0n) is 29.6. The molecule has 6 rings (SSSR count). The Morgan fingerprint density at radius 2 is 1.39 bits per heavy atom. The molecule has 1 amide bonds. The second kappa shape index (κ2) is 14.7. The van der Waals surface area contributed by atoms with E-state index in [1.807, 2.05) is 19.1 Å². The van der Waals surface area contributed by atoms with E-state index in [-0.39, 0.29) is 29.2 Å². The summed E-state index contributed by atoms with van der Waals surface area (Å²) in [7, 11) is -3.65. The Hall–Kier alpha value is -2.40. The first-order chi connectivity index (χ1) is 23.3. The summed E-state index contributed by atoms with van der Waals surface area (Å²) >= 11 is 0. The Balaban J connectivity index is 1.40. The highest BCUT2D eigenvalue weighted by Crippen LogP contribution is 2.54. The topological polar surface area (TPSA) is 75.5 Å². The molecule has 1 aromatic heterocycles. The zero-order chi connectivity index (χ0) is 35.0. The number of aromatic nitrogens is 2. The number of fused-ring (bicyclic) bond motifs is 2. The fourth-order valence-corrected chi connectivity index (χ4v) is 11.4. The molecular weight excluding hydrogens is 650 g/mol. The molecule has 49 heavy (non-hydrogen) atoms. The molecule has 3 atom stereocenters. The van der Waals surface area contributed by atoms with Crippen molar-refractivity contribution in [3.05, 3.63) is 46.8 Å². The number of piperidine rings is 2. The van der Waals surface area contributed by atoms with E-state index in [0.29, 0.717) is 62.6 Å². The number of likely N-dealkylation sites (tertiary alicyclic amines) is 1. The first-order valence-corrected chi connectivity index (χ1v) is 20.3. The summed E-state index contributed by atoms with van der Waals surface area (Å²) in [6.45, 7) is 8.09. The van der Waals surface area contributed by atoms with Crippen molar-refractivity contribution in [1.29, 1.82) is 0 Å². The number of rotatable bonds is 4. The molecule has 3 aliphatic heterocycles. The maximum Gasteiger partial charge on any atom is 0.435 e. The van der Waals surface area contributed by atoms with Crippen LogP contribution in [0.4, 0.5) is 13.2 Å². The normalized spacial score (nSPS) is 26.7. The lowest BCUT2D eigenvalue weighted by molar-refractivity contribution is -0.141. The van der Waals surface area contributed by atoms with E-state index in [1.54, 1.807) is 26.0 Å². The Morgan fingerprint density at radius 3 is 1.94 bits per heavy atom. The highest BCUT2D eigenvalue weighted by molar-refractivity contribution is 7.89. The third kappa shape index (κ3) is 7.49. The second-order valence-corrected chi connectivity index (χ2v) is 17.8. The van der Waals surface area contributed by atoms with E-state index < -0.39 is 33.2 Å². The summed E-state index contributed by atoms with van der Waals surface area (Å²) in [6.07, 6.45) is 8.07. The third-order valence-electron chi connectivity index (χ3n) is 12.1. The number of hydrogen-bond donors (Lipinski definition) is 0. The van der Waals surface area contributed by atoms with E-state index in [0.717, 1.165) is 63.4 Å². The SMILES string of the molecule is Cc1ccc(S(=O)(=O)N2CCC(C3CCn4nc(C(F)(F)F)c(C(=O)N5CC(C)CC(C)C5)c4C34CCCCCCCCCC4)CC2)cc1. The maximum absolute atomic E-state index is 14.9. The van der Waals surface area contributed by atoms with Crippen LogP contribution in [0, 0.1) is 30.6 Å². The molecule has 2 saturated heterocycles. The molecule has 0 bridgehead atoms. The number of carbonyl (C=O) groups excluding carboxylic acids is 1. The number of nitrogens with zero attached hydrogens (tertiary/aromatic N) is 4. The molecule has 0 N–H and O–H groups in total. The number of amides is 1. The van der Waals surface area contributed by atoms with Crippen LogP contribution in [0.1, 0.15) is 131 Å². The van der Waals surface area contributed by atoms with Crippen molar-refractivity contribution >= 4 is 15.9 Å². The van der Waals surface area contributed by atoms with Crippen molar-refractivity contribution in [2.45, 2.75) is 134 Å². The van der Waals surface area contributed by atoms with Crippen LogP contribution in [0.2, 0.25) is 0 Å². The molecule has 3 unspecified atom stereocenters. The fourth-order valence-electron chi connectivity index (χ4n) is 9.97. The van der Waals surface area contributed by atoms with E-state index in [2.05, 4.69) is 18.9 Å². The summed E-state index contributed by atoms with van der Waals surface area (Å²) in [6, 6.07) is 6.96. The van der Waals surface area contributed by atoms with Crippen LogP contribution in [0.15, 0.2) is 29.2 Å². The first-order valence-electron chi connectivity index (χ1n) is 18.9. The number of aryl methyl sites for hydroxylation is 2. The molecule has 4 aliphatic rings. The average Bonchev–Trinajstić information content (AvgIpc) is 3.45. The van der Waals surface area contributed by atoms with Crippen molar-refractivity contribution in [2.75, 3.05) is 26.2 Å². The maximum atomic E-state index is 14.9. The second-order valence-electron chi connectivity index (χ2n) is 15.9. The van der Waals surface area contributed by atoms with E-state index in [9.17, 15) is 26.4 Å². The first kappa shape index (κ1) is 36.4. The number of benzene rings is 1. The van der Waals surface area contributed by atoms with Crippen LogP contribution in [-0.4, -0.2) is 59.5 Å². The lowest BCUT2D eigenvalue weighted by Gasteiger charge is -2.50. The minimum Gasteiger partial charge on any atom is -0.338 e. The van der Waals surface area contributed by atoms with E-state index >= 15 is 0 Å². The smallest absolute Gasteiger partial charge is 0.338 e. The minimum absolute atomic E-state index is 0.0496. The summed E-state index contributed by atoms with van der Waals surface area (Å²) in [5.41, 5.74) is -0.322. The van der Waals surface area contributed by atoms with Gasteiger partial charge in [-0.25, -0.2) is 8.42 Å². The summed E-state index contributed by atoms with van der Waals surface area (Å²) in [5.74, 6) is 0.113. The van der Waals surface area contributed by atoms with Crippen LogP contribution in [0.25, 0.3) is 0 Å². The van der Waals surface area contributed by atoms with Gasteiger partial charge in [0.15, 0.2) is 5.69 Å². The molecule has 1 aromatic carbocycles. The summed E-state index contributed by atoms with van der Waals surface area (Å²) in [5, 5.41) is 4.26. The van der Waals surface area contributed by atoms with Crippen LogP contribution in [0.3, 0.4) is 0 Å². The monoisotopic (exact) mass is 704 g/mol. The molecule has 272 valence electrons. The largest absolute Gasteiger partial charge is 0.435 e. The predicted octanol–water partition coefficient (Wildman–Crippen LogP) is 8.60. The van der Waals surface area contributed by atoms with Crippen LogP contribution < -0.4 is 0 Å². The number of sulfonamides is 1. The van der Waals surface area contributed by atoms with E-state index in [4.69, 9.17) is 0 Å². The van der Waals surface area contributed by atoms with Gasteiger partial charge in [-0.15, -0.1) is 0 Å². The van der Waals surface area contributed by atoms with Gasteiger partial charge in [0, 0.05) is 38.1 Å². The Labute approximate surface area is 291 Å². The van der Waals surface area contributed by atoms with Gasteiger partial charge < -0.3 is 4.90 Å². The van der Waals surface area contributed by atoms with Gasteiger partial charge in [0.05, 0.1) is 16.2 Å². The third-order valence-corrected chi connectivity index (χ3v) is 14.1. The molecule has 0 radical (unpaired) electrons. The molecule has 1 spiro atoms. The molecule has 3 fully saturated rings. The Morgan fingerprint density at radius 1 is 0.837 bits per heavy atom. The van der Waals surface area contributed by atoms with Crippen molar-refractivity contribution in [1.82, 2.24) is 19.0 Å². The lowest BCUT2D eigenvalue weighted by Crippen LogP contribution is -2.50. The van der Waals surface area contributed by atoms with Gasteiger partial charge in [-0.2, -0.15) is 22.6 Å². The zero-order valence-corrected chi connectivity index (χ0v) is 30.4. The number of alkyl halides is 3. The standard InChI is InChI=1S/C38H55F3N4O3S/c1-27-12-14-31(15-13-27)49(47,48)44-21-16-30(17-22-44)32-18-23-45-35(37(32)19-10-8-6-4-5-7-9-11-20-37)33(34(42-45)38(39,40)41)36(46)43-25-28(2)24-29(3)26-43/h12-15,28-30,32H,4-11,16-26H2,1-3H3. The van der Waals surface area contributed by atoms with Gasteiger partial charge in [0.1, 0.15) is 0 Å². The van der Waals surface area contributed by atoms with Gasteiger partial charge in [-0.05, 0) is 81.3 Å². The average molecular weight is 705 g/mol. The molecule has 1 saturated carbocycles. The highest BCUT2D eigenvalue weighted by atomic mass is 32.2. The Bertz CT molecular complexity index is 1540. The number of carbonyl (C=O) groups is 1. The van der Waals surface area contributed by atoms with Gasteiger partial charge in [0.25, 0.3) is 5.91 Å². The lowest BCUT2D eigenvalue weighted by atomic mass is 9.57. The van der Waals surface area contributed by atoms with Gasteiger partial charge in [-0.3, -0.25) is 9.48 Å². The quantitative estimate of drug-likeness (QED) is 0.320. The number of hydrogen-bond acceptors (Lipinski definition) is 4. The van der Waals surface area contributed by atoms with Gasteiger partial charge in [0.2, 0.25) is 10.0 Å². The van der Waals surface area contributed by atoms with Crippen molar-refractivity contribution in [2.24, 2.45) is 23.7 Å². The highest BCUT2D eigenvalue weighted by Gasteiger charge is 2.54. The van der Waals surface area contributed by atoms with Crippen LogP contribution >= 0.6 is 0 Å². The molecule has 1 aliphatic carbocycles.